The van der Waals surface area contributed by atoms with E-state index in [1.54, 1.807) is 12.1 Å². The molecule has 3 N–H and O–H groups in total. The number of hydrogen-bond acceptors (Lipinski definition) is 3. The van der Waals surface area contributed by atoms with Crippen LogP contribution in [0.1, 0.15) is 25.3 Å². The smallest absolute Gasteiger partial charge is 0.172 e. The molecule has 1 aromatic rings. The monoisotopic (exact) mass is 267 g/mol. The normalized spacial score (nSPS) is 20.4. The lowest BCUT2D eigenvalue weighted by molar-refractivity contribution is 0.318. The van der Waals surface area contributed by atoms with Gasteiger partial charge in [-0.05, 0) is 30.5 Å². The fraction of sp³-hybridized carbons (Fsp3) is 0.462. The van der Waals surface area contributed by atoms with E-state index in [0.717, 1.165) is 24.3 Å². The summed E-state index contributed by atoms with van der Waals surface area (Å²) in [5, 5.41) is 12.6. The first kappa shape index (κ1) is 13.0. The van der Waals surface area contributed by atoms with Gasteiger partial charge in [0.15, 0.2) is 5.84 Å². The van der Waals surface area contributed by atoms with Gasteiger partial charge in [0.25, 0.3) is 0 Å². The average molecular weight is 268 g/mol. The molecular weight excluding hydrogens is 250 g/mol. The van der Waals surface area contributed by atoms with E-state index in [2.05, 4.69) is 17.0 Å². The van der Waals surface area contributed by atoms with Crippen LogP contribution in [-0.2, 0) is 0 Å². The minimum atomic E-state index is 0.126. The Morgan fingerprint density at radius 1 is 1.61 bits per heavy atom. The highest BCUT2D eigenvalue weighted by atomic mass is 35.5. The van der Waals surface area contributed by atoms with Crippen LogP contribution in [0.3, 0.4) is 0 Å². The molecule has 0 radical (unpaired) electrons. The second-order valence-corrected chi connectivity index (χ2v) is 5.09. The molecule has 1 fully saturated rings. The quantitative estimate of drug-likeness (QED) is 0.383. The van der Waals surface area contributed by atoms with Crippen molar-refractivity contribution in [3.8, 4) is 0 Å². The number of oxime groups is 1. The standard InChI is InChI=1S/C13H18ClN3O/c1-2-9-5-6-17(8-9)12-7-10(14)3-4-11(12)13(15)16-18/h3-4,7,9,18H,2,5-6,8H2,1H3,(H2,15,16). The maximum absolute atomic E-state index is 8.83. The number of nitrogens with two attached hydrogens (primary N) is 1. The summed E-state index contributed by atoms with van der Waals surface area (Å²) in [6, 6.07) is 5.44. The molecule has 1 aromatic carbocycles. The van der Waals surface area contributed by atoms with Crippen LogP contribution in [0.15, 0.2) is 23.4 Å². The van der Waals surface area contributed by atoms with E-state index in [-0.39, 0.29) is 5.84 Å². The van der Waals surface area contributed by atoms with Crippen LogP contribution in [0.25, 0.3) is 0 Å². The molecule has 0 saturated carbocycles. The van der Waals surface area contributed by atoms with Crippen molar-refractivity contribution in [3.63, 3.8) is 0 Å². The summed E-state index contributed by atoms with van der Waals surface area (Å²) in [5.74, 6) is 0.839. The van der Waals surface area contributed by atoms with Crippen molar-refractivity contribution >= 4 is 23.1 Å². The maximum atomic E-state index is 8.83. The van der Waals surface area contributed by atoms with Crippen molar-refractivity contribution in [1.29, 1.82) is 0 Å². The zero-order chi connectivity index (χ0) is 13.1. The van der Waals surface area contributed by atoms with Crippen LogP contribution in [0.2, 0.25) is 5.02 Å². The molecule has 4 nitrogen and oxygen atoms in total. The molecule has 1 saturated heterocycles. The first-order valence-corrected chi connectivity index (χ1v) is 6.56. The van der Waals surface area contributed by atoms with E-state index in [1.807, 2.05) is 6.07 Å². The van der Waals surface area contributed by atoms with Crippen LogP contribution < -0.4 is 10.6 Å². The second-order valence-electron chi connectivity index (χ2n) is 4.66. The average Bonchev–Trinajstić information content (AvgIpc) is 2.86. The van der Waals surface area contributed by atoms with Crippen molar-refractivity contribution in [2.75, 3.05) is 18.0 Å². The number of benzene rings is 1. The summed E-state index contributed by atoms with van der Waals surface area (Å²) in [6.45, 7) is 4.20. The van der Waals surface area contributed by atoms with Gasteiger partial charge in [-0.25, -0.2) is 0 Å². The molecule has 98 valence electrons. The molecule has 1 atom stereocenters. The predicted octanol–water partition coefficient (Wildman–Crippen LogP) is 2.67. The number of rotatable bonds is 3. The summed E-state index contributed by atoms with van der Waals surface area (Å²) >= 11 is 6.04. The van der Waals surface area contributed by atoms with Crippen molar-refractivity contribution in [1.82, 2.24) is 0 Å². The Morgan fingerprint density at radius 2 is 2.39 bits per heavy atom. The maximum Gasteiger partial charge on any atom is 0.172 e. The molecule has 0 amide bonds. The zero-order valence-electron chi connectivity index (χ0n) is 10.4. The third-order valence-electron chi connectivity index (χ3n) is 3.55. The van der Waals surface area contributed by atoms with Gasteiger partial charge in [0.1, 0.15) is 0 Å². The minimum absolute atomic E-state index is 0.126. The van der Waals surface area contributed by atoms with E-state index in [0.29, 0.717) is 10.9 Å². The van der Waals surface area contributed by atoms with E-state index < -0.39 is 0 Å². The van der Waals surface area contributed by atoms with E-state index in [4.69, 9.17) is 22.5 Å². The summed E-state index contributed by atoms with van der Waals surface area (Å²) in [6.07, 6.45) is 2.36. The van der Waals surface area contributed by atoms with Crippen LogP contribution in [0.4, 0.5) is 5.69 Å². The minimum Gasteiger partial charge on any atom is -0.409 e. The van der Waals surface area contributed by atoms with Crippen LogP contribution in [0, 0.1) is 5.92 Å². The van der Waals surface area contributed by atoms with Crippen molar-refractivity contribution in [2.24, 2.45) is 16.8 Å². The zero-order valence-corrected chi connectivity index (χ0v) is 11.2. The second kappa shape index (κ2) is 5.48. The predicted molar refractivity (Wildman–Crippen MR) is 74.6 cm³/mol. The van der Waals surface area contributed by atoms with E-state index in [9.17, 15) is 0 Å². The molecule has 0 aliphatic carbocycles. The molecule has 1 aliphatic rings. The summed E-state index contributed by atoms with van der Waals surface area (Å²) in [7, 11) is 0. The van der Waals surface area contributed by atoms with Gasteiger partial charge in [-0.2, -0.15) is 0 Å². The number of nitrogens with zero attached hydrogens (tertiary/aromatic N) is 2. The fourth-order valence-corrected chi connectivity index (χ4v) is 2.59. The molecule has 0 aromatic heterocycles. The van der Waals surface area contributed by atoms with Gasteiger partial charge >= 0.3 is 0 Å². The van der Waals surface area contributed by atoms with E-state index in [1.165, 1.54) is 12.8 Å². The highest BCUT2D eigenvalue weighted by Crippen LogP contribution is 2.30. The van der Waals surface area contributed by atoms with E-state index >= 15 is 0 Å². The Labute approximate surface area is 112 Å². The Balaban J connectivity index is 2.34. The van der Waals surface area contributed by atoms with Gasteiger partial charge in [0, 0.05) is 29.4 Å². The lowest BCUT2D eigenvalue weighted by atomic mass is 10.1. The summed E-state index contributed by atoms with van der Waals surface area (Å²) < 4.78 is 0. The first-order chi connectivity index (χ1) is 8.65. The first-order valence-electron chi connectivity index (χ1n) is 6.18. The summed E-state index contributed by atoms with van der Waals surface area (Å²) in [5.41, 5.74) is 7.40. The van der Waals surface area contributed by atoms with Gasteiger partial charge in [0.2, 0.25) is 0 Å². The number of anilines is 1. The SMILES string of the molecule is CCC1CCN(c2cc(Cl)ccc2/C(N)=N/O)C1. The Kier molecular flexibility index (Phi) is 3.97. The van der Waals surface area contributed by atoms with Crippen LogP contribution in [-0.4, -0.2) is 24.1 Å². The number of halogens is 1. The van der Waals surface area contributed by atoms with Gasteiger partial charge in [-0.3, -0.25) is 0 Å². The highest BCUT2D eigenvalue weighted by molar-refractivity contribution is 6.31. The van der Waals surface area contributed by atoms with Crippen LogP contribution >= 0.6 is 11.6 Å². The molecule has 0 bridgehead atoms. The molecule has 1 heterocycles. The Hall–Kier alpha value is -1.42. The molecule has 1 aliphatic heterocycles. The molecule has 2 rings (SSSR count). The molecule has 0 spiro atoms. The Morgan fingerprint density at radius 3 is 3.00 bits per heavy atom. The van der Waals surface area contributed by atoms with Gasteiger partial charge in [-0.15, -0.1) is 0 Å². The van der Waals surface area contributed by atoms with Crippen molar-refractivity contribution in [2.45, 2.75) is 19.8 Å². The topological polar surface area (TPSA) is 61.8 Å². The fourth-order valence-electron chi connectivity index (χ4n) is 2.42. The van der Waals surface area contributed by atoms with Crippen LogP contribution in [0.5, 0.6) is 0 Å². The van der Waals surface area contributed by atoms with Crippen molar-refractivity contribution in [3.05, 3.63) is 28.8 Å². The van der Waals surface area contributed by atoms with Gasteiger partial charge in [0.05, 0.1) is 0 Å². The van der Waals surface area contributed by atoms with Gasteiger partial charge in [-0.1, -0.05) is 30.1 Å². The number of hydrogen-bond donors (Lipinski definition) is 2. The molecule has 1 unspecified atom stereocenters. The molecule has 5 heteroatoms. The largest absolute Gasteiger partial charge is 0.409 e. The summed E-state index contributed by atoms with van der Waals surface area (Å²) in [4.78, 5) is 2.26. The lowest BCUT2D eigenvalue weighted by Gasteiger charge is -2.22. The third kappa shape index (κ3) is 2.53. The molecule has 18 heavy (non-hydrogen) atoms. The highest BCUT2D eigenvalue weighted by Gasteiger charge is 2.24. The molecular formula is C13H18ClN3O. The van der Waals surface area contributed by atoms with Gasteiger partial charge < -0.3 is 15.8 Å². The Bertz CT molecular complexity index is 462. The number of amidine groups is 1. The lowest BCUT2D eigenvalue weighted by Crippen LogP contribution is -2.24. The van der Waals surface area contributed by atoms with Crippen molar-refractivity contribution < 1.29 is 5.21 Å². The third-order valence-corrected chi connectivity index (χ3v) is 3.78.